The molecule has 5 rings (SSSR count). The maximum Gasteiger partial charge on any atom is 0.410 e. The number of nitrogens with zero attached hydrogens (tertiary/aromatic N) is 2. The van der Waals surface area contributed by atoms with Crippen LogP contribution in [0.1, 0.15) is 34.6 Å². The highest BCUT2D eigenvalue weighted by Crippen LogP contribution is 2.45. The highest BCUT2D eigenvalue weighted by Gasteiger charge is 2.47. The Morgan fingerprint density at radius 2 is 2.00 bits per heavy atom. The van der Waals surface area contributed by atoms with Crippen LogP contribution in [0.4, 0.5) is 24.7 Å². The van der Waals surface area contributed by atoms with E-state index in [1.165, 1.54) is 19.2 Å². The van der Waals surface area contributed by atoms with Crippen molar-refractivity contribution in [2.45, 2.75) is 24.7 Å². The zero-order chi connectivity index (χ0) is 24.0. The van der Waals surface area contributed by atoms with Gasteiger partial charge in [-0.15, -0.1) is 0 Å². The van der Waals surface area contributed by atoms with E-state index in [-0.39, 0.29) is 29.7 Å². The predicted molar refractivity (Wildman–Crippen MR) is 117 cm³/mol. The van der Waals surface area contributed by atoms with Crippen molar-refractivity contribution in [2.75, 3.05) is 24.5 Å². The molecule has 2 N–H and O–H groups in total. The first kappa shape index (κ1) is 22.2. The van der Waals surface area contributed by atoms with Crippen molar-refractivity contribution in [1.82, 2.24) is 9.78 Å². The Bertz CT molecular complexity index is 1260. The maximum absolute atomic E-state index is 13.9. The number of carbonyl (C=O) groups excluding carboxylic acids is 1. The molecule has 1 amide bonds. The molecule has 0 unspecified atom stereocenters. The summed E-state index contributed by atoms with van der Waals surface area (Å²) in [6, 6.07) is 8.29. The molecule has 178 valence electrons. The third-order valence-corrected chi connectivity index (χ3v) is 5.93. The normalized spacial score (nSPS) is 18.7. The standard InChI is InChI=1S/C22H18ClF3N4O4/c1-32-16-5-3-12(7-13(16)23)27-21(31)15-9-20-28-14(8-19(22(24,25)26)30(20)29-15)11-2-4-17-18(6-11)34-10-33-17/h2-7,9,14,19,28H,8,10H2,1H3,(H,27,31)/t14-,19+/m0/s1. The fourth-order valence-corrected chi connectivity index (χ4v) is 4.23. The lowest BCUT2D eigenvalue weighted by molar-refractivity contribution is -0.173. The van der Waals surface area contributed by atoms with Gasteiger partial charge in [-0.25, -0.2) is 4.68 Å². The van der Waals surface area contributed by atoms with Crippen LogP contribution in [0.2, 0.25) is 5.02 Å². The fourth-order valence-electron chi connectivity index (χ4n) is 3.97. The monoisotopic (exact) mass is 494 g/mol. The second kappa shape index (κ2) is 8.32. The molecule has 2 atom stereocenters. The van der Waals surface area contributed by atoms with Crippen molar-refractivity contribution in [3.63, 3.8) is 0 Å². The molecular formula is C22H18ClF3N4O4. The molecule has 0 fully saturated rings. The molecule has 2 aliphatic rings. The van der Waals surface area contributed by atoms with Crippen LogP contribution < -0.4 is 24.8 Å². The first-order valence-corrected chi connectivity index (χ1v) is 10.6. The Balaban J connectivity index is 1.42. The highest BCUT2D eigenvalue weighted by atomic mass is 35.5. The maximum atomic E-state index is 13.9. The molecule has 0 spiro atoms. The Morgan fingerprint density at radius 1 is 1.21 bits per heavy atom. The molecule has 0 saturated heterocycles. The molecule has 0 bridgehead atoms. The number of nitrogens with one attached hydrogen (secondary N) is 2. The average molecular weight is 495 g/mol. The fraction of sp³-hybridized carbons (Fsp3) is 0.273. The number of rotatable bonds is 4. The summed E-state index contributed by atoms with van der Waals surface area (Å²) in [7, 11) is 1.45. The SMILES string of the molecule is COc1ccc(NC(=O)c2cc3n(n2)[C@@H](C(F)(F)F)C[C@@H](c2ccc4c(c2)OCO4)N3)cc1Cl. The number of methoxy groups -OCH3 is 1. The van der Waals surface area contributed by atoms with Gasteiger partial charge in [-0.05, 0) is 35.9 Å². The van der Waals surface area contributed by atoms with Crippen LogP contribution in [-0.4, -0.2) is 35.8 Å². The van der Waals surface area contributed by atoms with Gasteiger partial charge in [0, 0.05) is 18.2 Å². The van der Waals surface area contributed by atoms with Crippen molar-refractivity contribution >= 4 is 29.0 Å². The number of aromatic nitrogens is 2. The van der Waals surface area contributed by atoms with Crippen molar-refractivity contribution < 1.29 is 32.2 Å². The lowest BCUT2D eigenvalue weighted by atomic mass is 9.96. The summed E-state index contributed by atoms with van der Waals surface area (Å²) in [4.78, 5) is 12.7. The van der Waals surface area contributed by atoms with Crippen LogP contribution in [0, 0.1) is 0 Å². The summed E-state index contributed by atoms with van der Waals surface area (Å²) in [6.07, 6.45) is -4.89. The van der Waals surface area contributed by atoms with E-state index in [4.69, 9.17) is 25.8 Å². The van der Waals surface area contributed by atoms with E-state index in [1.807, 2.05) is 0 Å². The van der Waals surface area contributed by atoms with Crippen LogP contribution >= 0.6 is 11.6 Å². The van der Waals surface area contributed by atoms with Gasteiger partial charge >= 0.3 is 6.18 Å². The van der Waals surface area contributed by atoms with Gasteiger partial charge in [-0.1, -0.05) is 17.7 Å². The molecule has 12 heteroatoms. The zero-order valence-corrected chi connectivity index (χ0v) is 18.4. The Kier molecular flexibility index (Phi) is 5.43. The molecule has 2 aromatic carbocycles. The summed E-state index contributed by atoms with van der Waals surface area (Å²) in [5.74, 6) is 0.832. The first-order valence-electron chi connectivity index (χ1n) is 10.2. The first-order chi connectivity index (χ1) is 16.2. The number of halogens is 4. The number of carbonyl (C=O) groups is 1. The second-order valence-corrected chi connectivity index (χ2v) is 8.17. The number of benzene rings is 2. The largest absolute Gasteiger partial charge is 0.495 e. The van der Waals surface area contributed by atoms with E-state index >= 15 is 0 Å². The quantitative estimate of drug-likeness (QED) is 0.519. The van der Waals surface area contributed by atoms with Crippen LogP contribution in [0.15, 0.2) is 42.5 Å². The third-order valence-electron chi connectivity index (χ3n) is 5.63. The van der Waals surface area contributed by atoms with Crippen LogP contribution in [-0.2, 0) is 0 Å². The molecular weight excluding hydrogens is 477 g/mol. The number of hydrogen-bond acceptors (Lipinski definition) is 6. The van der Waals surface area contributed by atoms with E-state index in [9.17, 15) is 18.0 Å². The van der Waals surface area contributed by atoms with Gasteiger partial charge in [0.2, 0.25) is 6.79 Å². The van der Waals surface area contributed by atoms with Gasteiger partial charge in [0.05, 0.1) is 18.2 Å². The molecule has 0 radical (unpaired) electrons. The Labute approximate surface area is 196 Å². The molecule has 3 aromatic rings. The molecule has 2 aliphatic heterocycles. The number of ether oxygens (including phenoxy) is 3. The van der Waals surface area contributed by atoms with Crippen molar-refractivity contribution in [3.05, 3.63) is 58.7 Å². The number of hydrogen-bond donors (Lipinski definition) is 2. The lowest BCUT2D eigenvalue weighted by Crippen LogP contribution is -2.35. The number of anilines is 2. The van der Waals surface area contributed by atoms with E-state index in [2.05, 4.69) is 15.7 Å². The van der Waals surface area contributed by atoms with Crippen LogP contribution in [0.25, 0.3) is 0 Å². The summed E-state index contributed by atoms with van der Waals surface area (Å²) in [6.45, 7) is 0.0622. The van der Waals surface area contributed by atoms with Gasteiger partial charge < -0.3 is 24.8 Å². The number of amides is 1. The molecule has 8 nitrogen and oxygen atoms in total. The number of alkyl halides is 3. The highest BCUT2D eigenvalue weighted by molar-refractivity contribution is 6.32. The van der Waals surface area contributed by atoms with Crippen molar-refractivity contribution in [1.29, 1.82) is 0 Å². The van der Waals surface area contributed by atoms with Gasteiger partial charge in [-0.2, -0.15) is 18.3 Å². The third kappa shape index (κ3) is 4.07. The Hall–Kier alpha value is -3.60. The van der Waals surface area contributed by atoms with Crippen LogP contribution in [0.3, 0.4) is 0 Å². The summed E-state index contributed by atoms with van der Waals surface area (Å²) in [5.41, 5.74) is 0.778. The zero-order valence-electron chi connectivity index (χ0n) is 17.6. The molecule has 34 heavy (non-hydrogen) atoms. The van der Waals surface area contributed by atoms with Gasteiger partial charge in [0.15, 0.2) is 23.2 Å². The summed E-state index contributed by atoms with van der Waals surface area (Å²) >= 11 is 6.07. The van der Waals surface area contributed by atoms with Gasteiger partial charge in [0.25, 0.3) is 5.91 Å². The topological polar surface area (TPSA) is 86.6 Å². The van der Waals surface area contributed by atoms with E-state index in [0.29, 0.717) is 28.5 Å². The summed E-state index contributed by atoms with van der Waals surface area (Å²) in [5, 5.41) is 9.88. The van der Waals surface area contributed by atoms with E-state index in [0.717, 1.165) is 4.68 Å². The van der Waals surface area contributed by atoms with E-state index in [1.54, 1.807) is 30.3 Å². The number of fused-ring (bicyclic) bond motifs is 2. The molecule has 0 aliphatic carbocycles. The lowest BCUT2D eigenvalue weighted by Gasteiger charge is -2.33. The smallest absolute Gasteiger partial charge is 0.410 e. The van der Waals surface area contributed by atoms with Gasteiger partial charge in [-0.3, -0.25) is 4.79 Å². The minimum atomic E-state index is -4.57. The van der Waals surface area contributed by atoms with Crippen molar-refractivity contribution in [3.8, 4) is 17.2 Å². The summed E-state index contributed by atoms with van der Waals surface area (Å²) < 4.78 is 58.3. The average Bonchev–Trinajstić information content (AvgIpc) is 3.44. The minimum Gasteiger partial charge on any atom is -0.495 e. The molecule has 3 heterocycles. The van der Waals surface area contributed by atoms with Crippen LogP contribution in [0.5, 0.6) is 17.2 Å². The Morgan fingerprint density at radius 3 is 2.74 bits per heavy atom. The minimum absolute atomic E-state index is 0.0622. The van der Waals surface area contributed by atoms with Crippen molar-refractivity contribution in [2.24, 2.45) is 0 Å². The predicted octanol–water partition coefficient (Wildman–Crippen LogP) is 5.19. The van der Waals surface area contributed by atoms with E-state index < -0.39 is 24.2 Å². The van der Waals surface area contributed by atoms with Gasteiger partial charge in [0.1, 0.15) is 11.6 Å². The molecule has 1 aromatic heterocycles. The molecule has 0 saturated carbocycles. The second-order valence-electron chi connectivity index (χ2n) is 7.77.